The third kappa shape index (κ3) is 5.82. The van der Waals surface area contributed by atoms with Crippen LogP contribution in [0, 0.1) is 5.41 Å². The van der Waals surface area contributed by atoms with Crippen LogP contribution >= 0.6 is 11.6 Å². The Bertz CT molecular complexity index is 552. The van der Waals surface area contributed by atoms with Crippen LogP contribution in [0.5, 0.6) is 0 Å². The molecule has 0 saturated heterocycles. The van der Waals surface area contributed by atoms with Crippen LogP contribution in [0.1, 0.15) is 46.1 Å². The minimum absolute atomic E-state index is 0.105. The van der Waals surface area contributed by atoms with Crippen LogP contribution in [-0.4, -0.2) is 36.3 Å². The van der Waals surface area contributed by atoms with Gasteiger partial charge >= 0.3 is 0 Å². The van der Waals surface area contributed by atoms with Crippen LogP contribution in [0.3, 0.4) is 0 Å². The minimum atomic E-state index is -1.06. The molecule has 24 heavy (non-hydrogen) atoms. The number of hydrogen-bond acceptors (Lipinski definition) is 2. The molecule has 4 nitrogen and oxygen atoms in total. The molecule has 2 amide bonds. The fourth-order valence-corrected chi connectivity index (χ4v) is 2.79. The van der Waals surface area contributed by atoms with Crippen molar-refractivity contribution in [1.82, 2.24) is 10.2 Å². The van der Waals surface area contributed by atoms with E-state index in [-0.39, 0.29) is 11.8 Å². The highest BCUT2D eigenvalue weighted by Gasteiger charge is 2.38. The molecule has 1 aromatic carbocycles. The average molecular weight is 353 g/mol. The average Bonchev–Trinajstić information content (AvgIpc) is 2.54. The van der Waals surface area contributed by atoms with Gasteiger partial charge in [-0.3, -0.25) is 9.59 Å². The zero-order chi connectivity index (χ0) is 18.2. The molecule has 0 aliphatic heterocycles. The van der Waals surface area contributed by atoms with Gasteiger partial charge in [-0.25, -0.2) is 0 Å². The molecule has 0 atom stereocenters. The second-order valence-electron chi connectivity index (χ2n) is 6.55. The van der Waals surface area contributed by atoms with Crippen LogP contribution in [0.25, 0.3) is 0 Å². The maximum Gasteiger partial charge on any atom is 0.237 e. The fraction of sp³-hybridized carbons (Fsp3) is 0.579. The van der Waals surface area contributed by atoms with Crippen LogP contribution in [0.2, 0.25) is 5.02 Å². The van der Waals surface area contributed by atoms with Gasteiger partial charge in [-0.05, 0) is 50.8 Å². The number of nitrogens with one attached hydrogen (secondary N) is 1. The second-order valence-corrected chi connectivity index (χ2v) is 6.99. The molecule has 1 N–H and O–H groups in total. The van der Waals surface area contributed by atoms with Crippen LogP contribution in [-0.2, 0) is 16.0 Å². The molecule has 0 aliphatic carbocycles. The first kappa shape index (κ1) is 20.5. The number of rotatable bonds is 9. The summed E-state index contributed by atoms with van der Waals surface area (Å²) in [6.07, 6.45) is 2.46. The summed E-state index contributed by atoms with van der Waals surface area (Å²) in [5.74, 6) is -0.335. The maximum absolute atomic E-state index is 12.7. The molecule has 5 heteroatoms. The van der Waals surface area contributed by atoms with E-state index in [9.17, 15) is 9.59 Å². The molecule has 0 bridgehead atoms. The lowest BCUT2D eigenvalue weighted by atomic mass is 9.90. The first-order chi connectivity index (χ1) is 11.3. The zero-order valence-corrected chi connectivity index (χ0v) is 15.9. The monoisotopic (exact) mass is 352 g/mol. The Morgan fingerprint density at radius 2 is 1.79 bits per heavy atom. The summed E-state index contributed by atoms with van der Waals surface area (Å²) in [4.78, 5) is 27.0. The van der Waals surface area contributed by atoms with E-state index >= 15 is 0 Å². The quantitative estimate of drug-likeness (QED) is 0.689. The Kier molecular flexibility index (Phi) is 8.26. The van der Waals surface area contributed by atoms with Crippen molar-refractivity contribution in [2.45, 2.75) is 47.0 Å². The molecule has 0 fully saturated rings. The van der Waals surface area contributed by atoms with Crippen molar-refractivity contribution in [2.75, 3.05) is 19.6 Å². The molecule has 0 aromatic heterocycles. The van der Waals surface area contributed by atoms with Gasteiger partial charge in [0.25, 0.3) is 0 Å². The third-order valence-corrected chi connectivity index (χ3v) is 4.20. The van der Waals surface area contributed by atoms with Crippen molar-refractivity contribution >= 4 is 23.4 Å². The molecule has 0 heterocycles. The Morgan fingerprint density at radius 3 is 2.33 bits per heavy atom. The third-order valence-electron chi connectivity index (χ3n) is 3.96. The predicted octanol–water partition coefficient (Wildman–Crippen LogP) is 3.67. The smallest absolute Gasteiger partial charge is 0.237 e. The number of hydrogen-bond donors (Lipinski definition) is 1. The van der Waals surface area contributed by atoms with Crippen molar-refractivity contribution in [1.29, 1.82) is 0 Å². The van der Waals surface area contributed by atoms with E-state index in [4.69, 9.17) is 11.6 Å². The van der Waals surface area contributed by atoms with Crippen molar-refractivity contribution in [2.24, 2.45) is 5.41 Å². The molecular formula is C19H29ClN2O2. The van der Waals surface area contributed by atoms with Crippen molar-refractivity contribution < 1.29 is 9.59 Å². The topological polar surface area (TPSA) is 49.4 Å². The Labute approximate surface area is 150 Å². The highest BCUT2D eigenvalue weighted by atomic mass is 35.5. The summed E-state index contributed by atoms with van der Waals surface area (Å²) in [5, 5.41) is 3.57. The van der Waals surface area contributed by atoms with E-state index in [2.05, 4.69) is 5.32 Å². The molecule has 0 aliphatic rings. The summed E-state index contributed by atoms with van der Waals surface area (Å²) >= 11 is 5.96. The van der Waals surface area contributed by atoms with Gasteiger partial charge in [0.15, 0.2) is 0 Å². The molecule has 1 aromatic rings. The maximum atomic E-state index is 12.7. The van der Waals surface area contributed by atoms with Gasteiger partial charge in [-0.15, -0.1) is 0 Å². The van der Waals surface area contributed by atoms with Gasteiger partial charge in [0.05, 0.1) is 0 Å². The van der Waals surface area contributed by atoms with Gasteiger partial charge in [0.1, 0.15) is 5.41 Å². The minimum Gasteiger partial charge on any atom is -0.355 e. The highest BCUT2D eigenvalue weighted by molar-refractivity contribution is 6.30. The summed E-state index contributed by atoms with van der Waals surface area (Å²) in [6, 6.07) is 7.56. The number of halogens is 1. The Morgan fingerprint density at radius 1 is 1.17 bits per heavy atom. The lowest BCUT2D eigenvalue weighted by Crippen LogP contribution is -2.50. The number of carbonyl (C=O) groups excluding carboxylic acids is 2. The molecular weight excluding hydrogens is 324 g/mol. The molecule has 1 rings (SSSR count). The first-order valence-electron chi connectivity index (χ1n) is 8.65. The van der Waals surface area contributed by atoms with Gasteiger partial charge < -0.3 is 10.2 Å². The van der Waals surface area contributed by atoms with Crippen molar-refractivity contribution in [3.05, 3.63) is 34.9 Å². The van der Waals surface area contributed by atoms with Crippen molar-refractivity contribution in [3.63, 3.8) is 0 Å². The SMILES string of the molecule is CCCN(CCC)C(=O)C(C)(C)C(=O)NCCc1cccc(Cl)c1. The largest absolute Gasteiger partial charge is 0.355 e. The van der Waals surface area contributed by atoms with Gasteiger partial charge in [0.2, 0.25) is 11.8 Å². The molecule has 0 saturated carbocycles. The van der Waals surface area contributed by atoms with Gasteiger partial charge in [-0.2, -0.15) is 0 Å². The van der Waals surface area contributed by atoms with E-state index in [0.29, 0.717) is 31.1 Å². The fourth-order valence-electron chi connectivity index (χ4n) is 2.58. The molecule has 0 radical (unpaired) electrons. The second kappa shape index (κ2) is 9.67. The normalized spacial score (nSPS) is 11.2. The predicted molar refractivity (Wildman–Crippen MR) is 99.1 cm³/mol. The van der Waals surface area contributed by atoms with E-state index in [0.717, 1.165) is 18.4 Å². The number of benzene rings is 1. The lowest BCUT2D eigenvalue weighted by molar-refractivity contribution is -0.148. The number of nitrogens with zero attached hydrogens (tertiary/aromatic N) is 1. The van der Waals surface area contributed by atoms with E-state index < -0.39 is 5.41 Å². The number of carbonyl (C=O) groups is 2. The first-order valence-corrected chi connectivity index (χ1v) is 9.02. The Balaban J connectivity index is 2.61. The van der Waals surface area contributed by atoms with E-state index in [1.165, 1.54) is 0 Å². The Hall–Kier alpha value is -1.55. The standard InChI is InChI=1S/C19H29ClN2O2/c1-5-12-22(13-6-2)18(24)19(3,4)17(23)21-11-10-15-8-7-9-16(20)14-15/h7-9,14H,5-6,10-13H2,1-4H3,(H,21,23). The van der Waals surface area contributed by atoms with Crippen LogP contribution < -0.4 is 5.32 Å². The summed E-state index contributed by atoms with van der Waals surface area (Å²) < 4.78 is 0. The number of amides is 2. The van der Waals surface area contributed by atoms with E-state index in [1.807, 2.05) is 38.1 Å². The van der Waals surface area contributed by atoms with Gasteiger partial charge in [0, 0.05) is 24.7 Å². The zero-order valence-electron chi connectivity index (χ0n) is 15.2. The van der Waals surface area contributed by atoms with Crippen LogP contribution in [0.15, 0.2) is 24.3 Å². The summed E-state index contributed by atoms with van der Waals surface area (Å²) in [7, 11) is 0. The summed E-state index contributed by atoms with van der Waals surface area (Å²) in [6.45, 7) is 9.32. The molecule has 0 unspecified atom stereocenters. The van der Waals surface area contributed by atoms with Crippen molar-refractivity contribution in [3.8, 4) is 0 Å². The molecule has 0 spiro atoms. The summed E-state index contributed by atoms with van der Waals surface area (Å²) in [5.41, 5.74) is 0.00380. The molecule has 134 valence electrons. The van der Waals surface area contributed by atoms with Gasteiger partial charge in [-0.1, -0.05) is 37.6 Å². The highest BCUT2D eigenvalue weighted by Crippen LogP contribution is 2.20. The lowest BCUT2D eigenvalue weighted by Gasteiger charge is -2.30. The van der Waals surface area contributed by atoms with E-state index in [1.54, 1.807) is 18.7 Å². The van der Waals surface area contributed by atoms with Crippen LogP contribution in [0.4, 0.5) is 0 Å².